The summed E-state index contributed by atoms with van der Waals surface area (Å²) in [6.07, 6.45) is 3.73. The van der Waals surface area contributed by atoms with Crippen molar-refractivity contribution >= 4 is 0 Å². The second-order valence-corrected chi connectivity index (χ2v) is 4.38. The van der Waals surface area contributed by atoms with E-state index in [0.29, 0.717) is 6.04 Å². The Labute approximate surface area is 75.9 Å². The van der Waals surface area contributed by atoms with E-state index in [1.807, 2.05) is 0 Å². The summed E-state index contributed by atoms with van der Waals surface area (Å²) in [4.78, 5) is 0. The first-order valence-electron chi connectivity index (χ1n) is 5.16. The molecule has 0 amide bonds. The smallest absolute Gasteiger partial charge is 0.00705 e. The molecular weight excluding hydrogens is 148 g/mol. The molecule has 0 saturated carbocycles. The highest BCUT2D eigenvalue weighted by Crippen LogP contribution is 2.19. The van der Waals surface area contributed by atoms with Crippen LogP contribution in [0.25, 0.3) is 0 Å². The highest BCUT2D eigenvalue weighted by molar-refractivity contribution is 4.78. The lowest BCUT2D eigenvalue weighted by Gasteiger charge is -2.29. The van der Waals surface area contributed by atoms with Crippen molar-refractivity contribution in [3.8, 4) is 0 Å². The normalized spacial score (nSPS) is 23.0. The standard InChI is InChI=1S/C10H22N2/c1-8(2)7-10(11)9-3-5-12-6-4-9/h8-10,12H,3-7,11H2,1-2H3/t10-/m0/s1. The summed E-state index contributed by atoms with van der Waals surface area (Å²) in [7, 11) is 0. The van der Waals surface area contributed by atoms with Crippen LogP contribution in [-0.4, -0.2) is 19.1 Å². The molecule has 0 aromatic carbocycles. The number of nitrogens with one attached hydrogen (secondary N) is 1. The molecule has 0 unspecified atom stereocenters. The molecule has 1 fully saturated rings. The fraction of sp³-hybridized carbons (Fsp3) is 1.00. The zero-order chi connectivity index (χ0) is 8.97. The lowest BCUT2D eigenvalue weighted by molar-refractivity contribution is 0.289. The zero-order valence-electron chi connectivity index (χ0n) is 8.34. The number of hydrogen-bond donors (Lipinski definition) is 2. The molecule has 0 aliphatic carbocycles. The van der Waals surface area contributed by atoms with E-state index < -0.39 is 0 Å². The molecular formula is C10H22N2. The Hall–Kier alpha value is -0.0800. The van der Waals surface area contributed by atoms with Gasteiger partial charge in [-0.15, -0.1) is 0 Å². The Morgan fingerprint density at radius 1 is 1.33 bits per heavy atom. The third-order valence-electron chi connectivity index (χ3n) is 2.73. The molecule has 1 heterocycles. The van der Waals surface area contributed by atoms with Crippen LogP contribution in [0.1, 0.15) is 33.1 Å². The summed E-state index contributed by atoms with van der Waals surface area (Å²) in [5, 5.41) is 3.37. The van der Waals surface area contributed by atoms with Crippen LogP contribution >= 0.6 is 0 Å². The summed E-state index contributed by atoms with van der Waals surface area (Å²) in [5.74, 6) is 1.52. The van der Waals surface area contributed by atoms with Gasteiger partial charge in [-0.1, -0.05) is 13.8 Å². The largest absolute Gasteiger partial charge is 0.327 e. The number of nitrogens with two attached hydrogens (primary N) is 1. The van der Waals surface area contributed by atoms with Gasteiger partial charge in [-0.05, 0) is 44.2 Å². The van der Waals surface area contributed by atoms with Crippen molar-refractivity contribution in [1.29, 1.82) is 0 Å². The van der Waals surface area contributed by atoms with E-state index in [1.54, 1.807) is 0 Å². The Bertz CT molecular complexity index is 117. The van der Waals surface area contributed by atoms with Gasteiger partial charge in [0.05, 0.1) is 0 Å². The molecule has 72 valence electrons. The molecule has 1 aliphatic heterocycles. The molecule has 0 bridgehead atoms. The Morgan fingerprint density at radius 3 is 2.42 bits per heavy atom. The maximum atomic E-state index is 6.12. The molecule has 0 aromatic heterocycles. The molecule has 1 aliphatic rings. The van der Waals surface area contributed by atoms with Crippen LogP contribution in [0, 0.1) is 11.8 Å². The van der Waals surface area contributed by atoms with E-state index in [2.05, 4.69) is 19.2 Å². The van der Waals surface area contributed by atoms with E-state index in [4.69, 9.17) is 5.73 Å². The van der Waals surface area contributed by atoms with Crippen molar-refractivity contribution in [2.45, 2.75) is 39.2 Å². The van der Waals surface area contributed by atoms with E-state index >= 15 is 0 Å². The lowest BCUT2D eigenvalue weighted by atomic mass is 9.86. The van der Waals surface area contributed by atoms with Gasteiger partial charge in [0.25, 0.3) is 0 Å². The second-order valence-electron chi connectivity index (χ2n) is 4.38. The summed E-state index contributed by atoms with van der Waals surface area (Å²) >= 11 is 0. The van der Waals surface area contributed by atoms with Gasteiger partial charge in [0.15, 0.2) is 0 Å². The molecule has 0 spiro atoms. The van der Waals surface area contributed by atoms with Gasteiger partial charge in [-0.25, -0.2) is 0 Å². The van der Waals surface area contributed by atoms with E-state index in [9.17, 15) is 0 Å². The fourth-order valence-electron chi connectivity index (χ4n) is 2.01. The molecule has 1 atom stereocenters. The number of rotatable bonds is 3. The minimum absolute atomic E-state index is 0.437. The van der Waals surface area contributed by atoms with Crippen LogP contribution in [0.2, 0.25) is 0 Å². The van der Waals surface area contributed by atoms with Gasteiger partial charge in [-0.3, -0.25) is 0 Å². The highest BCUT2D eigenvalue weighted by Gasteiger charge is 2.20. The van der Waals surface area contributed by atoms with Gasteiger partial charge in [0.2, 0.25) is 0 Å². The van der Waals surface area contributed by atoms with Crippen LogP contribution in [0.4, 0.5) is 0 Å². The van der Waals surface area contributed by atoms with Gasteiger partial charge < -0.3 is 11.1 Å². The fourth-order valence-corrected chi connectivity index (χ4v) is 2.01. The quantitative estimate of drug-likeness (QED) is 0.671. The van der Waals surface area contributed by atoms with Gasteiger partial charge in [0, 0.05) is 6.04 Å². The van der Waals surface area contributed by atoms with Crippen molar-refractivity contribution in [1.82, 2.24) is 5.32 Å². The molecule has 12 heavy (non-hydrogen) atoms. The Balaban J connectivity index is 2.24. The van der Waals surface area contributed by atoms with Crippen molar-refractivity contribution in [3.05, 3.63) is 0 Å². The van der Waals surface area contributed by atoms with Crippen LogP contribution in [0.3, 0.4) is 0 Å². The average Bonchev–Trinajstić information content (AvgIpc) is 2.05. The zero-order valence-corrected chi connectivity index (χ0v) is 8.34. The highest BCUT2D eigenvalue weighted by atomic mass is 14.9. The Morgan fingerprint density at radius 2 is 1.92 bits per heavy atom. The van der Waals surface area contributed by atoms with Crippen LogP contribution < -0.4 is 11.1 Å². The minimum Gasteiger partial charge on any atom is -0.327 e. The third-order valence-corrected chi connectivity index (χ3v) is 2.73. The van der Waals surface area contributed by atoms with Crippen molar-refractivity contribution in [2.24, 2.45) is 17.6 Å². The maximum absolute atomic E-state index is 6.12. The first-order chi connectivity index (χ1) is 5.70. The molecule has 1 saturated heterocycles. The van der Waals surface area contributed by atoms with Crippen LogP contribution in [-0.2, 0) is 0 Å². The minimum atomic E-state index is 0.437. The summed E-state index contributed by atoms with van der Waals surface area (Å²) in [5.41, 5.74) is 6.12. The third kappa shape index (κ3) is 3.11. The summed E-state index contributed by atoms with van der Waals surface area (Å²) < 4.78 is 0. The molecule has 3 N–H and O–H groups in total. The first-order valence-corrected chi connectivity index (χ1v) is 5.16. The van der Waals surface area contributed by atoms with Crippen molar-refractivity contribution in [2.75, 3.05) is 13.1 Å². The molecule has 1 rings (SSSR count). The molecule has 0 radical (unpaired) electrons. The lowest BCUT2D eigenvalue weighted by Crippen LogP contribution is -2.39. The topological polar surface area (TPSA) is 38.0 Å². The average molecular weight is 170 g/mol. The van der Waals surface area contributed by atoms with Gasteiger partial charge in [0.1, 0.15) is 0 Å². The van der Waals surface area contributed by atoms with Gasteiger partial charge >= 0.3 is 0 Å². The van der Waals surface area contributed by atoms with Crippen LogP contribution in [0.15, 0.2) is 0 Å². The molecule has 2 heteroatoms. The summed E-state index contributed by atoms with van der Waals surface area (Å²) in [6, 6.07) is 0.437. The second kappa shape index (κ2) is 4.83. The van der Waals surface area contributed by atoms with Crippen LogP contribution in [0.5, 0.6) is 0 Å². The van der Waals surface area contributed by atoms with Gasteiger partial charge in [-0.2, -0.15) is 0 Å². The van der Waals surface area contributed by atoms with E-state index in [1.165, 1.54) is 19.3 Å². The SMILES string of the molecule is CC(C)C[C@H](N)C1CCNCC1. The summed E-state index contributed by atoms with van der Waals surface area (Å²) in [6.45, 7) is 6.83. The van der Waals surface area contributed by atoms with Crippen molar-refractivity contribution in [3.63, 3.8) is 0 Å². The predicted molar refractivity (Wildman–Crippen MR) is 53.0 cm³/mol. The number of hydrogen-bond acceptors (Lipinski definition) is 2. The first kappa shape index (κ1) is 10.0. The van der Waals surface area contributed by atoms with Crippen molar-refractivity contribution < 1.29 is 0 Å². The predicted octanol–water partition coefficient (Wildman–Crippen LogP) is 1.36. The molecule has 2 nitrogen and oxygen atoms in total. The monoisotopic (exact) mass is 170 g/mol. The van der Waals surface area contributed by atoms with E-state index in [-0.39, 0.29) is 0 Å². The number of piperidine rings is 1. The maximum Gasteiger partial charge on any atom is 0.00705 e. The molecule has 0 aromatic rings. The van der Waals surface area contributed by atoms with E-state index in [0.717, 1.165) is 24.9 Å². The Kier molecular flexibility index (Phi) is 4.02.